The summed E-state index contributed by atoms with van der Waals surface area (Å²) in [4.78, 5) is 4.29. The van der Waals surface area contributed by atoms with Crippen LogP contribution in [0.2, 0.25) is 0 Å². The molecule has 0 saturated heterocycles. The van der Waals surface area contributed by atoms with Gasteiger partial charge in [-0.25, -0.2) is 4.98 Å². The van der Waals surface area contributed by atoms with E-state index < -0.39 is 0 Å². The number of nitrogens with zero attached hydrogens (tertiary/aromatic N) is 5. The van der Waals surface area contributed by atoms with Crippen LogP contribution in [0.3, 0.4) is 0 Å². The van der Waals surface area contributed by atoms with Crippen LogP contribution in [0.4, 0.5) is 0 Å². The number of pyridine rings is 1. The van der Waals surface area contributed by atoms with Crippen molar-refractivity contribution in [2.75, 3.05) is 0 Å². The molecule has 2 fully saturated rings. The lowest BCUT2D eigenvalue weighted by molar-refractivity contribution is 0.626. The first-order valence-electron chi connectivity index (χ1n) is 6.84. The third kappa shape index (κ3) is 2.08. The van der Waals surface area contributed by atoms with Crippen LogP contribution in [0, 0.1) is 11.3 Å². The average molecular weight is 283 g/mol. The highest BCUT2D eigenvalue weighted by molar-refractivity contribution is 7.99. The summed E-state index contributed by atoms with van der Waals surface area (Å²) in [5.41, 5.74) is 0.593. The van der Waals surface area contributed by atoms with E-state index in [-0.39, 0.29) is 0 Å². The molecule has 0 atom stereocenters. The lowest BCUT2D eigenvalue weighted by Crippen LogP contribution is -2.02. The van der Waals surface area contributed by atoms with Gasteiger partial charge >= 0.3 is 0 Å². The fourth-order valence-electron chi connectivity index (χ4n) is 2.30. The van der Waals surface area contributed by atoms with Gasteiger partial charge < -0.3 is 4.57 Å². The summed E-state index contributed by atoms with van der Waals surface area (Å²) < 4.78 is 2.28. The van der Waals surface area contributed by atoms with Crippen molar-refractivity contribution in [2.45, 2.75) is 47.8 Å². The van der Waals surface area contributed by atoms with E-state index in [1.54, 1.807) is 18.3 Å². The Hall–Kier alpha value is -1.87. The van der Waals surface area contributed by atoms with Crippen molar-refractivity contribution < 1.29 is 0 Å². The lowest BCUT2D eigenvalue weighted by Gasteiger charge is -2.07. The maximum Gasteiger partial charge on any atom is 0.197 e. The van der Waals surface area contributed by atoms with Crippen molar-refractivity contribution in [3.63, 3.8) is 0 Å². The van der Waals surface area contributed by atoms with E-state index in [9.17, 15) is 0 Å². The molecule has 5 nitrogen and oxygen atoms in total. The molecule has 2 heterocycles. The molecule has 2 aliphatic carbocycles. The van der Waals surface area contributed by atoms with Gasteiger partial charge in [0.2, 0.25) is 0 Å². The van der Waals surface area contributed by atoms with Crippen molar-refractivity contribution in [2.24, 2.45) is 0 Å². The molecule has 0 radical (unpaired) electrons. The van der Waals surface area contributed by atoms with E-state index in [0.717, 1.165) is 11.0 Å². The number of hydrogen-bond donors (Lipinski definition) is 0. The molecular weight excluding hydrogens is 270 g/mol. The summed E-state index contributed by atoms with van der Waals surface area (Å²) in [7, 11) is 0. The molecule has 4 rings (SSSR count). The highest BCUT2D eigenvalue weighted by atomic mass is 32.2. The molecule has 0 aliphatic heterocycles. The third-order valence-corrected chi connectivity index (χ3v) is 4.60. The highest BCUT2D eigenvalue weighted by Gasteiger charge is 2.36. The summed E-state index contributed by atoms with van der Waals surface area (Å²) in [6.07, 6.45) is 6.57. The zero-order valence-corrected chi connectivity index (χ0v) is 11.7. The largest absolute Gasteiger partial charge is 0.302 e. The van der Waals surface area contributed by atoms with Gasteiger partial charge in [-0.05, 0) is 49.6 Å². The maximum atomic E-state index is 9.14. The van der Waals surface area contributed by atoms with Gasteiger partial charge in [0.15, 0.2) is 5.16 Å². The van der Waals surface area contributed by atoms with Crippen LogP contribution < -0.4 is 0 Å². The summed E-state index contributed by atoms with van der Waals surface area (Å²) >= 11 is 1.46. The second kappa shape index (κ2) is 4.60. The van der Waals surface area contributed by atoms with Crippen LogP contribution in [0.25, 0.3) is 0 Å². The van der Waals surface area contributed by atoms with Gasteiger partial charge in [0.25, 0.3) is 0 Å². The van der Waals surface area contributed by atoms with Gasteiger partial charge in [-0.3, -0.25) is 0 Å². The standard InChI is InChI=1S/C14H13N5S/c15-8-10-2-1-7-16-13(10)20-14-18-17-12(9-3-4-9)19(14)11-5-6-11/h1-2,7,9,11H,3-6H2. The van der Waals surface area contributed by atoms with Crippen LogP contribution in [-0.4, -0.2) is 19.7 Å². The zero-order chi connectivity index (χ0) is 13.5. The lowest BCUT2D eigenvalue weighted by atomic mass is 10.3. The Labute approximate surface area is 121 Å². The quantitative estimate of drug-likeness (QED) is 0.863. The van der Waals surface area contributed by atoms with Gasteiger partial charge in [-0.2, -0.15) is 5.26 Å². The van der Waals surface area contributed by atoms with Crippen LogP contribution in [-0.2, 0) is 0 Å². The van der Waals surface area contributed by atoms with Crippen LogP contribution >= 0.6 is 11.8 Å². The molecule has 100 valence electrons. The van der Waals surface area contributed by atoms with Gasteiger partial charge in [-0.15, -0.1) is 10.2 Å². The first-order chi connectivity index (χ1) is 9.86. The predicted molar refractivity (Wildman–Crippen MR) is 73.3 cm³/mol. The van der Waals surface area contributed by atoms with Crippen molar-refractivity contribution in [1.82, 2.24) is 19.7 Å². The molecule has 0 aromatic carbocycles. The van der Waals surface area contributed by atoms with Crippen LogP contribution in [0.5, 0.6) is 0 Å². The molecule has 2 aromatic heterocycles. The zero-order valence-electron chi connectivity index (χ0n) is 10.9. The van der Waals surface area contributed by atoms with Crippen LogP contribution in [0.1, 0.15) is 49.0 Å². The smallest absolute Gasteiger partial charge is 0.197 e. The SMILES string of the molecule is N#Cc1cccnc1Sc1nnc(C2CC2)n1C1CC1. The van der Waals surface area contributed by atoms with Gasteiger partial charge in [0.1, 0.15) is 16.9 Å². The minimum atomic E-state index is 0.553. The van der Waals surface area contributed by atoms with Gasteiger partial charge in [-0.1, -0.05) is 0 Å². The Balaban J connectivity index is 1.70. The van der Waals surface area contributed by atoms with E-state index in [0.29, 0.717) is 22.5 Å². The summed E-state index contributed by atoms with van der Waals surface area (Å²) in [5, 5.41) is 19.4. The topological polar surface area (TPSA) is 67.4 Å². The van der Waals surface area contributed by atoms with Gasteiger partial charge in [0, 0.05) is 18.2 Å². The van der Waals surface area contributed by atoms with Crippen molar-refractivity contribution in [1.29, 1.82) is 5.26 Å². The number of hydrogen-bond acceptors (Lipinski definition) is 5. The Bertz CT molecular complexity index is 694. The number of nitriles is 1. The summed E-state index contributed by atoms with van der Waals surface area (Å²) in [6.45, 7) is 0. The molecule has 2 aliphatic rings. The van der Waals surface area contributed by atoms with E-state index in [4.69, 9.17) is 5.26 Å². The van der Waals surface area contributed by atoms with E-state index in [2.05, 4.69) is 25.8 Å². The normalized spacial score (nSPS) is 17.9. The first-order valence-corrected chi connectivity index (χ1v) is 7.66. The highest BCUT2D eigenvalue weighted by Crippen LogP contribution is 2.46. The Morgan fingerprint density at radius 3 is 2.80 bits per heavy atom. The summed E-state index contributed by atoms with van der Waals surface area (Å²) in [6, 6.07) is 6.30. The predicted octanol–water partition coefficient (Wildman–Crippen LogP) is 2.91. The maximum absolute atomic E-state index is 9.14. The van der Waals surface area contributed by atoms with E-state index in [1.165, 1.54) is 37.4 Å². The third-order valence-electron chi connectivity index (χ3n) is 3.62. The number of aromatic nitrogens is 4. The molecule has 0 N–H and O–H groups in total. The average Bonchev–Trinajstić information content (AvgIpc) is 3.39. The van der Waals surface area contributed by atoms with Crippen molar-refractivity contribution >= 4 is 11.8 Å². The number of rotatable bonds is 4. The molecular formula is C14H13N5S. The van der Waals surface area contributed by atoms with E-state index in [1.807, 2.05) is 0 Å². The molecule has 2 aromatic rings. The second-order valence-electron chi connectivity index (χ2n) is 5.29. The Morgan fingerprint density at radius 2 is 2.10 bits per heavy atom. The van der Waals surface area contributed by atoms with Gasteiger partial charge in [0.05, 0.1) is 5.56 Å². The minimum Gasteiger partial charge on any atom is -0.302 e. The molecule has 2 saturated carbocycles. The Morgan fingerprint density at radius 1 is 1.25 bits per heavy atom. The van der Waals surface area contributed by atoms with Crippen LogP contribution in [0.15, 0.2) is 28.5 Å². The van der Waals surface area contributed by atoms with E-state index >= 15 is 0 Å². The second-order valence-corrected chi connectivity index (χ2v) is 6.24. The fraction of sp³-hybridized carbons (Fsp3) is 0.429. The fourth-order valence-corrected chi connectivity index (χ4v) is 3.23. The Kier molecular flexibility index (Phi) is 2.74. The van der Waals surface area contributed by atoms with Crippen molar-refractivity contribution in [3.05, 3.63) is 29.7 Å². The minimum absolute atomic E-state index is 0.553. The van der Waals surface area contributed by atoms with Crippen molar-refractivity contribution in [3.8, 4) is 6.07 Å². The summed E-state index contributed by atoms with van der Waals surface area (Å²) in [5.74, 6) is 1.72. The molecule has 6 heteroatoms. The molecule has 0 unspecified atom stereocenters. The molecule has 20 heavy (non-hydrogen) atoms. The molecule has 0 amide bonds. The molecule has 0 spiro atoms. The monoisotopic (exact) mass is 283 g/mol. The first kappa shape index (κ1) is 11.9. The molecule has 0 bridgehead atoms.